The van der Waals surface area contributed by atoms with E-state index in [1.807, 2.05) is 32.0 Å². The van der Waals surface area contributed by atoms with Crippen LogP contribution in [0.3, 0.4) is 0 Å². The third-order valence-corrected chi connectivity index (χ3v) is 3.12. The highest BCUT2D eigenvalue weighted by Gasteiger charge is 2.16. The van der Waals surface area contributed by atoms with Crippen molar-refractivity contribution < 1.29 is 9.47 Å². The minimum absolute atomic E-state index is 0.353. The molecule has 0 aromatic heterocycles. The van der Waals surface area contributed by atoms with Gasteiger partial charge in [0.2, 0.25) is 0 Å². The van der Waals surface area contributed by atoms with Gasteiger partial charge in [-0.15, -0.1) is 0 Å². The van der Waals surface area contributed by atoms with Crippen molar-refractivity contribution in [3.05, 3.63) is 23.8 Å². The number of benzene rings is 1. The molecule has 1 rings (SSSR count). The molecule has 0 atom stereocenters. The lowest BCUT2D eigenvalue weighted by molar-refractivity contribution is 0.261. The van der Waals surface area contributed by atoms with E-state index in [1.54, 1.807) is 7.11 Å². The Morgan fingerprint density at radius 1 is 1.35 bits per heavy atom. The first-order chi connectivity index (χ1) is 9.52. The van der Waals surface area contributed by atoms with Gasteiger partial charge in [-0.1, -0.05) is 6.92 Å². The molecule has 0 fully saturated rings. The van der Waals surface area contributed by atoms with Gasteiger partial charge in [0.25, 0.3) is 0 Å². The summed E-state index contributed by atoms with van der Waals surface area (Å²) in [7, 11) is 1.66. The van der Waals surface area contributed by atoms with Crippen LogP contribution >= 0.6 is 0 Å². The molecule has 0 saturated carbocycles. The summed E-state index contributed by atoms with van der Waals surface area (Å²) >= 11 is 0. The number of hydrogen-bond donors (Lipinski definition) is 1. The van der Waals surface area contributed by atoms with Crippen LogP contribution in [0.1, 0.15) is 32.8 Å². The Labute approximate surface area is 121 Å². The average Bonchev–Trinajstić information content (AvgIpc) is 2.45. The van der Waals surface area contributed by atoms with Gasteiger partial charge in [-0.25, -0.2) is 0 Å². The smallest absolute Gasteiger partial charge is 0.124 e. The summed E-state index contributed by atoms with van der Waals surface area (Å²) in [6.07, 6.45) is 0.705. The van der Waals surface area contributed by atoms with Crippen LogP contribution in [0.5, 0.6) is 11.5 Å². The van der Waals surface area contributed by atoms with Crippen molar-refractivity contribution in [1.29, 1.82) is 5.26 Å². The zero-order valence-corrected chi connectivity index (χ0v) is 12.8. The molecular weight excluding hydrogens is 252 g/mol. The van der Waals surface area contributed by atoms with Gasteiger partial charge in [0.1, 0.15) is 11.5 Å². The fourth-order valence-electron chi connectivity index (χ4n) is 1.69. The second-order valence-electron chi connectivity index (χ2n) is 5.35. The molecule has 0 saturated heterocycles. The fraction of sp³-hybridized carbons (Fsp3) is 0.562. The summed E-state index contributed by atoms with van der Waals surface area (Å²) in [4.78, 5) is 0. The second-order valence-corrected chi connectivity index (χ2v) is 5.35. The van der Waals surface area contributed by atoms with Crippen LogP contribution in [0.15, 0.2) is 18.2 Å². The molecule has 0 bridgehead atoms. The number of rotatable bonds is 8. The van der Waals surface area contributed by atoms with Gasteiger partial charge in [-0.2, -0.15) is 5.26 Å². The standard InChI is InChI=1S/C16H24N2O2/c1-5-18-11-13-10-14(19-4)6-7-15(13)20-9-8-16(2,3)12-17/h6-7,10,18H,5,8-9,11H2,1-4H3. The van der Waals surface area contributed by atoms with E-state index in [2.05, 4.69) is 18.3 Å². The molecule has 0 heterocycles. The molecular formula is C16H24N2O2. The number of nitrogens with one attached hydrogen (secondary N) is 1. The zero-order valence-electron chi connectivity index (χ0n) is 12.8. The lowest BCUT2D eigenvalue weighted by atomic mass is 9.92. The summed E-state index contributed by atoms with van der Waals surface area (Å²) in [6.45, 7) is 8.08. The van der Waals surface area contributed by atoms with E-state index < -0.39 is 0 Å². The van der Waals surface area contributed by atoms with Crippen molar-refractivity contribution in [2.24, 2.45) is 5.41 Å². The van der Waals surface area contributed by atoms with Crippen LogP contribution in [0.25, 0.3) is 0 Å². The van der Waals surface area contributed by atoms with E-state index in [4.69, 9.17) is 14.7 Å². The molecule has 110 valence electrons. The maximum Gasteiger partial charge on any atom is 0.124 e. The highest BCUT2D eigenvalue weighted by Crippen LogP contribution is 2.26. The molecule has 0 radical (unpaired) electrons. The second kappa shape index (κ2) is 7.76. The highest BCUT2D eigenvalue weighted by atomic mass is 16.5. The lowest BCUT2D eigenvalue weighted by Gasteiger charge is -2.17. The SMILES string of the molecule is CCNCc1cc(OC)ccc1OCCC(C)(C)C#N. The van der Waals surface area contributed by atoms with Crippen LogP contribution in [0.4, 0.5) is 0 Å². The van der Waals surface area contributed by atoms with E-state index in [0.717, 1.165) is 30.2 Å². The maximum atomic E-state index is 9.00. The molecule has 0 aliphatic heterocycles. The van der Waals surface area contributed by atoms with E-state index >= 15 is 0 Å². The molecule has 1 aromatic rings. The first-order valence-corrected chi connectivity index (χ1v) is 6.94. The van der Waals surface area contributed by atoms with Gasteiger partial charge in [0.05, 0.1) is 25.2 Å². The number of methoxy groups -OCH3 is 1. The Hall–Kier alpha value is -1.73. The lowest BCUT2D eigenvalue weighted by Crippen LogP contribution is -2.15. The van der Waals surface area contributed by atoms with E-state index in [9.17, 15) is 0 Å². The quantitative estimate of drug-likeness (QED) is 0.792. The predicted octanol–water partition coefficient (Wildman–Crippen LogP) is 3.12. The molecule has 0 unspecified atom stereocenters. The number of nitriles is 1. The Balaban J connectivity index is 2.70. The third-order valence-electron chi connectivity index (χ3n) is 3.12. The first-order valence-electron chi connectivity index (χ1n) is 6.94. The molecule has 1 aromatic carbocycles. The van der Waals surface area contributed by atoms with Crippen LogP contribution in [0, 0.1) is 16.7 Å². The average molecular weight is 276 g/mol. The van der Waals surface area contributed by atoms with Gasteiger partial charge >= 0.3 is 0 Å². The van der Waals surface area contributed by atoms with Gasteiger partial charge in [0.15, 0.2) is 0 Å². The third kappa shape index (κ3) is 5.10. The van der Waals surface area contributed by atoms with Crippen molar-refractivity contribution in [3.63, 3.8) is 0 Å². The molecule has 4 nitrogen and oxygen atoms in total. The summed E-state index contributed by atoms with van der Waals surface area (Å²) in [5, 5.41) is 12.3. The first kappa shape index (κ1) is 16.3. The highest BCUT2D eigenvalue weighted by molar-refractivity contribution is 5.40. The van der Waals surface area contributed by atoms with Gasteiger partial charge < -0.3 is 14.8 Å². The zero-order chi connectivity index (χ0) is 15.0. The van der Waals surface area contributed by atoms with E-state index in [-0.39, 0.29) is 5.41 Å². The predicted molar refractivity (Wildman–Crippen MR) is 79.9 cm³/mol. The molecule has 1 N–H and O–H groups in total. The summed E-state index contributed by atoms with van der Waals surface area (Å²) in [6, 6.07) is 8.07. The van der Waals surface area contributed by atoms with Crippen LogP contribution in [-0.4, -0.2) is 20.3 Å². The Morgan fingerprint density at radius 3 is 2.70 bits per heavy atom. The Morgan fingerprint density at radius 2 is 2.10 bits per heavy atom. The van der Waals surface area contributed by atoms with Crippen LogP contribution in [0.2, 0.25) is 0 Å². The summed E-state index contributed by atoms with van der Waals surface area (Å²) in [5.74, 6) is 1.67. The topological polar surface area (TPSA) is 54.3 Å². The largest absolute Gasteiger partial charge is 0.497 e. The summed E-state index contributed by atoms with van der Waals surface area (Å²) < 4.78 is 11.1. The molecule has 20 heavy (non-hydrogen) atoms. The maximum absolute atomic E-state index is 9.00. The summed E-state index contributed by atoms with van der Waals surface area (Å²) in [5.41, 5.74) is 0.717. The van der Waals surface area contributed by atoms with Crippen molar-refractivity contribution in [3.8, 4) is 17.6 Å². The fourth-order valence-corrected chi connectivity index (χ4v) is 1.69. The normalized spacial score (nSPS) is 10.9. The number of hydrogen-bond acceptors (Lipinski definition) is 4. The van der Waals surface area contributed by atoms with Crippen molar-refractivity contribution >= 4 is 0 Å². The van der Waals surface area contributed by atoms with Gasteiger partial charge in [-0.3, -0.25) is 0 Å². The monoisotopic (exact) mass is 276 g/mol. The Bertz CT molecular complexity index is 464. The minimum atomic E-state index is -0.353. The molecule has 0 spiro atoms. The molecule has 4 heteroatoms. The number of ether oxygens (including phenoxy) is 2. The van der Waals surface area contributed by atoms with Gasteiger partial charge in [0, 0.05) is 12.1 Å². The number of nitrogens with zero attached hydrogens (tertiary/aromatic N) is 1. The minimum Gasteiger partial charge on any atom is -0.497 e. The Kier molecular flexibility index (Phi) is 6.33. The van der Waals surface area contributed by atoms with E-state index in [0.29, 0.717) is 13.0 Å². The van der Waals surface area contributed by atoms with Crippen LogP contribution in [-0.2, 0) is 6.54 Å². The van der Waals surface area contributed by atoms with Crippen molar-refractivity contribution in [2.75, 3.05) is 20.3 Å². The van der Waals surface area contributed by atoms with Crippen molar-refractivity contribution in [1.82, 2.24) is 5.32 Å². The van der Waals surface area contributed by atoms with E-state index in [1.165, 1.54) is 0 Å². The van der Waals surface area contributed by atoms with Gasteiger partial charge in [-0.05, 0) is 45.0 Å². The molecule has 0 amide bonds. The van der Waals surface area contributed by atoms with Crippen LogP contribution < -0.4 is 14.8 Å². The molecule has 0 aliphatic rings. The molecule has 0 aliphatic carbocycles. The van der Waals surface area contributed by atoms with Crippen molar-refractivity contribution in [2.45, 2.75) is 33.7 Å².